The van der Waals surface area contributed by atoms with Gasteiger partial charge in [0.15, 0.2) is 9.84 Å². The monoisotopic (exact) mass is 372 g/mol. The van der Waals surface area contributed by atoms with Gasteiger partial charge in [-0.2, -0.15) is 0 Å². The number of sulfone groups is 1. The Labute approximate surface area is 137 Å². The van der Waals surface area contributed by atoms with Crippen molar-refractivity contribution in [3.8, 4) is 0 Å². The Morgan fingerprint density at radius 3 is 2.61 bits per heavy atom. The molecule has 0 fully saturated rings. The molecule has 1 amide bonds. The maximum Gasteiger partial charge on any atom is 0.271 e. The molecular weight excluding hydrogens is 360 g/mol. The van der Waals surface area contributed by atoms with Crippen LogP contribution in [-0.2, 0) is 31.1 Å². The Kier molecular flexibility index (Phi) is 3.69. The molecular formula is C13H12N2O5S3. The van der Waals surface area contributed by atoms with Crippen molar-refractivity contribution in [2.75, 3.05) is 16.3 Å². The normalized spacial score (nSPS) is 14.4. The lowest BCUT2D eigenvalue weighted by molar-refractivity contribution is -0.115. The van der Waals surface area contributed by atoms with Crippen LogP contribution >= 0.6 is 11.3 Å². The average molecular weight is 372 g/mol. The highest BCUT2D eigenvalue weighted by atomic mass is 32.2. The van der Waals surface area contributed by atoms with Gasteiger partial charge in [0.05, 0.1) is 22.7 Å². The molecule has 0 atom stereocenters. The number of rotatable bonds is 4. The van der Waals surface area contributed by atoms with Crippen LogP contribution in [0.25, 0.3) is 0 Å². The summed E-state index contributed by atoms with van der Waals surface area (Å²) in [6, 6.07) is 6.03. The van der Waals surface area contributed by atoms with Crippen LogP contribution in [-0.4, -0.2) is 29.0 Å². The average Bonchev–Trinajstić information content (AvgIpc) is 3.03. The minimum Gasteiger partial charge on any atom is -0.324 e. The molecule has 1 aliphatic rings. The van der Waals surface area contributed by atoms with Crippen LogP contribution in [0.4, 0.5) is 11.4 Å². The number of carbonyl (C=O) groups is 1. The van der Waals surface area contributed by atoms with E-state index in [0.717, 1.165) is 23.7 Å². The van der Waals surface area contributed by atoms with E-state index in [1.54, 1.807) is 12.1 Å². The molecule has 2 heterocycles. The third kappa shape index (κ3) is 3.09. The maximum absolute atomic E-state index is 12.4. The highest BCUT2D eigenvalue weighted by Gasteiger charge is 2.25. The van der Waals surface area contributed by atoms with Crippen molar-refractivity contribution in [1.29, 1.82) is 0 Å². The Morgan fingerprint density at radius 2 is 1.96 bits per heavy atom. The van der Waals surface area contributed by atoms with E-state index >= 15 is 0 Å². The molecule has 1 aliphatic heterocycles. The molecule has 122 valence electrons. The van der Waals surface area contributed by atoms with Crippen molar-refractivity contribution < 1.29 is 21.6 Å². The zero-order valence-electron chi connectivity index (χ0n) is 11.9. The Balaban J connectivity index is 1.96. The van der Waals surface area contributed by atoms with Crippen LogP contribution in [0, 0.1) is 0 Å². The number of benzene rings is 1. The predicted molar refractivity (Wildman–Crippen MR) is 87.0 cm³/mol. The number of amides is 1. The van der Waals surface area contributed by atoms with E-state index in [-0.39, 0.29) is 27.1 Å². The number of thiophene rings is 1. The van der Waals surface area contributed by atoms with Crippen LogP contribution in [0.15, 0.2) is 38.8 Å². The number of hydrogen-bond donors (Lipinski definition) is 2. The minimum absolute atomic E-state index is 0.0468. The van der Waals surface area contributed by atoms with Crippen molar-refractivity contribution in [2.24, 2.45) is 0 Å². The minimum atomic E-state index is -3.94. The van der Waals surface area contributed by atoms with Gasteiger partial charge in [0.25, 0.3) is 10.0 Å². The highest BCUT2D eigenvalue weighted by Crippen LogP contribution is 2.33. The molecule has 10 heteroatoms. The van der Waals surface area contributed by atoms with Gasteiger partial charge in [0, 0.05) is 11.6 Å². The van der Waals surface area contributed by atoms with Gasteiger partial charge in [-0.3, -0.25) is 9.52 Å². The molecule has 0 bridgehead atoms. The standard InChI is InChI=1S/C13H12N2O5S3/c1-22(17,18)9-6-12(21-7-9)23(19,20)15-10-4-2-3-8-5-11(16)14-13(8)10/h2-4,6-7,15H,5H2,1H3,(H,14,16). The number of sulfonamides is 1. The van der Waals surface area contributed by atoms with Gasteiger partial charge in [0.2, 0.25) is 5.91 Å². The molecule has 1 aromatic heterocycles. The van der Waals surface area contributed by atoms with Crippen molar-refractivity contribution in [1.82, 2.24) is 0 Å². The van der Waals surface area contributed by atoms with Gasteiger partial charge >= 0.3 is 0 Å². The van der Waals surface area contributed by atoms with Gasteiger partial charge in [-0.25, -0.2) is 16.8 Å². The summed E-state index contributed by atoms with van der Waals surface area (Å²) in [5.41, 5.74) is 1.39. The van der Waals surface area contributed by atoms with Gasteiger partial charge in [-0.15, -0.1) is 11.3 Å². The second-order valence-electron chi connectivity index (χ2n) is 5.04. The maximum atomic E-state index is 12.4. The molecule has 3 rings (SSSR count). The summed E-state index contributed by atoms with van der Waals surface area (Å²) in [5, 5.41) is 3.89. The first-order valence-electron chi connectivity index (χ1n) is 6.40. The summed E-state index contributed by atoms with van der Waals surface area (Å²) < 4.78 is 50.0. The first-order chi connectivity index (χ1) is 10.7. The molecule has 2 aromatic rings. The molecule has 0 unspecified atom stereocenters. The summed E-state index contributed by atoms with van der Waals surface area (Å²) in [6.45, 7) is 0. The highest BCUT2D eigenvalue weighted by molar-refractivity contribution is 7.95. The van der Waals surface area contributed by atoms with E-state index in [1.807, 2.05) is 0 Å². The van der Waals surface area contributed by atoms with Crippen molar-refractivity contribution in [3.05, 3.63) is 35.2 Å². The van der Waals surface area contributed by atoms with Crippen molar-refractivity contribution in [2.45, 2.75) is 15.5 Å². The first-order valence-corrected chi connectivity index (χ1v) is 10.7. The van der Waals surface area contributed by atoms with E-state index in [4.69, 9.17) is 0 Å². The van der Waals surface area contributed by atoms with Gasteiger partial charge in [0.1, 0.15) is 4.21 Å². The third-order valence-electron chi connectivity index (χ3n) is 3.25. The number of hydrogen-bond acceptors (Lipinski definition) is 6. The second kappa shape index (κ2) is 5.32. The Bertz CT molecular complexity index is 1010. The lowest BCUT2D eigenvalue weighted by Gasteiger charge is -2.10. The molecule has 7 nitrogen and oxygen atoms in total. The molecule has 0 saturated heterocycles. The number of nitrogens with one attached hydrogen (secondary N) is 2. The fourth-order valence-electron chi connectivity index (χ4n) is 2.17. The topological polar surface area (TPSA) is 109 Å². The summed E-state index contributed by atoms with van der Waals surface area (Å²) in [4.78, 5) is 11.4. The van der Waals surface area contributed by atoms with Crippen LogP contribution < -0.4 is 10.0 Å². The van der Waals surface area contributed by atoms with Crippen molar-refractivity contribution >= 4 is 48.5 Å². The lowest BCUT2D eigenvalue weighted by atomic mass is 10.1. The summed E-state index contributed by atoms with van der Waals surface area (Å²) in [6.07, 6.45) is 1.21. The summed E-state index contributed by atoms with van der Waals surface area (Å²) in [5.74, 6) is -0.206. The summed E-state index contributed by atoms with van der Waals surface area (Å²) in [7, 11) is -7.41. The molecule has 0 aliphatic carbocycles. The van der Waals surface area contributed by atoms with Crippen LogP contribution in [0.2, 0.25) is 0 Å². The Morgan fingerprint density at radius 1 is 1.22 bits per heavy atom. The molecule has 0 saturated carbocycles. The van der Waals surface area contributed by atoms with Crippen molar-refractivity contribution in [3.63, 3.8) is 0 Å². The van der Waals surface area contributed by atoms with Crippen LogP contribution in [0.5, 0.6) is 0 Å². The van der Waals surface area contributed by atoms with E-state index in [0.29, 0.717) is 11.3 Å². The quantitative estimate of drug-likeness (QED) is 0.844. The smallest absolute Gasteiger partial charge is 0.271 e. The number of para-hydroxylation sites is 1. The number of anilines is 2. The molecule has 0 spiro atoms. The van der Waals surface area contributed by atoms with E-state index in [9.17, 15) is 21.6 Å². The zero-order valence-corrected chi connectivity index (χ0v) is 14.3. The second-order valence-corrected chi connectivity index (χ2v) is 9.88. The third-order valence-corrected chi connectivity index (χ3v) is 7.30. The summed E-state index contributed by atoms with van der Waals surface area (Å²) >= 11 is 0.819. The number of fused-ring (bicyclic) bond motifs is 1. The zero-order chi connectivity index (χ0) is 16.8. The molecule has 23 heavy (non-hydrogen) atoms. The van der Waals surface area contributed by atoms with Crippen LogP contribution in [0.1, 0.15) is 5.56 Å². The fraction of sp³-hybridized carbons (Fsp3) is 0.154. The fourth-order valence-corrected chi connectivity index (χ4v) is 5.61. The molecule has 0 radical (unpaired) electrons. The largest absolute Gasteiger partial charge is 0.324 e. The SMILES string of the molecule is CS(=O)(=O)c1csc(S(=O)(=O)Nc2cccc3c2NC(=O)C3)c1. The first kappa shape index (κ1) is 16.0. The van der Waals surface area contributed by atoms with E-state index in [2.05, 4.69) is 10.0 Å². The Hall–Kier alpha value is -1.91. The van der Waals surface area contributed by atoms with Gasteiger partial charge in [-0.05, 0) is 17.7 Å². The van der Waals surface area contributed by atoms with Gasteiger partial charge < -0.3 is 5.32 Å². The van der Waals surface area contributed by atoms with E-state index in [1.165, 1.54) is 11.4 Å². The van der Waals surface area contributed by atoms with E-state index < -0.39 is 19.9 Å². The lowest BCUT2D eigenvalue weighted by Crippen LogP contribution is -2.13. The molecule has 2 N–H and O–H groups in total. The van der Waals surface area contributed by atoms with Gasteiger partial charge in [-0.1, -0.05) is 12.1 Å². The van der Waals surface area contributed by atoms with Crippen LogP contribution in [0.3, 0.4) is 0 Å². The number of carbonyl (C=O) groups excluding carboxylic acids is 1. The molecule has 1 aromatic carbocycles. The predicted octanol–water partition coefficient (Wildman–Crippen LogP) is 1.45.